The van der Waals surface area contributed by atoms with Gasteiger partial charge in [-0.3, -0.25) is 4.79 Å². The van der Waals surface area contributed by atoms with E-state index in [0.29, 0.717) is 35.1 Å². The minimum absolute atomic E-state index is 0.193. The Morgan fingerprint density at radius 2 is 1.76 bits per heavy atom. The summed E-state index contributed by atoms with van der Waals surface area (Å²) in [5.41, 5.74) is 2.07. The van der Waals surface area contributed by atoms with Gasteiger partial charge in [0, 0.05) is 5.57 Å². The van der Waals surface area contributed by atoms with Crippen LogP contribution in [-0.4, -0.2) is 26.7 Å². The van der Waals surface area contributed by atoms with E-state index in [2.05, 4.69) is 5.32 Å². The highest BCUT2D eigenvalue weighted by molar-refractivity contribution is 6.06. The van der Waals surface area contributed by atoms with Crippen LogP contribution in [0.15, 0.2) is 48.0 Å². The normalized spacial score (nSPS) is 11.0. The number of amides is 1. The number of carbonyl (C=O) groups excluding carboxylic acids is 1. The maximum Gasteiger partial charge on any atom is 0.251 e. The van der Waals surface area contributed by atoms with Crippen molar-refractivity contribution in [3.8, 4) is 17.2 Å². The Morgan fingerprint density at radius 3 is 2.44 bits per heavy atom. The van der Waals surface area contributed by atoms with Crippen molar-refractivity contribution in [2.45, 2.75) is 13.8 Å². The summed E-state index contributed by atoms with van der Waals surface area (Å²) >= 11 is 0. The van der Waals surface area contributed by atoms with Gasteiger partial charge in [0.15, 0.2) is 11.5 Å². The molecule has 0 unspecified atom stereocenters. The highest BCUT2D eigenvalue weighted by Gasteiger charge is 2.10. The lowest BCUT2D eigenvalue weighted by Crippen LogP contribution is -2.13. The van der Waals surface area contributed by atoms with Crippen LogP contribution in [0.25, 0.3) is 6.08 Å². The third-order valence-electron chi connectivity index (χ3n) is 3.58. The molecule has 2 rings (SSSR count). The Balaban J connectivity index is 2.18. The lowest BCUT2D eigenvalue weighted by Gasteiger charge is -2.12. The topological polar surface area (TPSA) is 56.8 Å². The Kier molecular flexibility index (Phi) is 6.46. The van der Waals surface area contributed by atoms with Gasteiger partial charge in [-0.25, -0.2) is 0 Å². The molecule has 0 aliphatic carbocycles. The monoisotopic (exact) mass is 341 g/mol. The molecule has 1 N–H and O–H groups in total. The number of hydrogen-bond donors (Lipinski definition) is 1. The zero-order valence-corrected chi connectivity index (χ0v) is 15.0. The summed E-state index contributed by atoms with van der Waals surface area (Å²) in [4.78, 5) is 12.5. The third-order valence-corrected chi connectivity index (χ3v) is 3.58. The molecule has 0 bridgehead atoms. The molecule has 0 aromatic heterocycles. The summed E-state index contributed by atoms with van der Waals surface area (Å²) < 4.78 is 16.0. The first-order chi connectivity index (χ1) is 12.1. The van der Waals surface area contributed by atoms with Gasteiger partial charge in [-0.2, -0.15) is 0 Å². The summed E-state index contributed by atoms with van der Waals surface area (Å²) in [6.07, 6.45) is 1.79. The van der Waals surface area contributed by atoms with Gasteiger partial charge in [-0.15, -0.1) is 0 Å². The highest BCUT2D eigenvalue weighted by Crippen LogP contribution is 2.29. The second-order valence-corrected chi connectivity index (χ2v) is 5.33. The van der Waals surface area contributed by atoms with Gasteiger partial charge in [-0.05, 0) is 49.8 Å². The fourth-order valence-corrected chi connectivity index (χ4v) is 2.33. The zero-order chi connectivity index (χ0) is 18.2. The number of benzene rings is 2. The number of para-hydroxylation sites is 2. The van der Waals surface area contributed by atoms with E-state index in [0.717, 1.165) is 5.56 Å². The zero-order valence-electron chi connectivity index (χ0n) is 15.0. The Bertz CT molecular complexity index is 768. The van der Waals surface area contributed by atoms with Gasteiger partial charge in [0.2, 0.25) is 0 Å². The van der Waals surface area contributed by atoms with E-state index in [1.165, 1.54) is 0 Å². The van der Waals surface area contributed by atoms with Crippen LogP contribution in [0.4, 0.5) is 5.69 Å². The summed E-state index contributed by atoms with van der Waals surface area (Å²) in [6, 6.07) is 12.9. The average molecular weight is 341 g/mol. The number of rotatable bonds is 7. The standard InChI is InChI=1S/C20H23NO4/c1-5-25-17-9-7-6-8-16(17)21-20(22)14(2)12-15-10-11-18(23-3)19(13-15)24-4/h6-13H,5H2,1-4H3,(H,21,22)/b14-12+. The molecule has 0 aliphatic rings. The number of carbonyl (C=O) groups is 1. The number of ether oxygens (including phenoxy) is 3. The van der Waals surface area contributed by atoms with E-state index in [9.17, 15) is 4.79 Å². The molecule has 0 heterocycles. The fourth-order valence-electron chi connectivity index (χ4n) is 2.33. The van der Waals surface area contributed by atoms with Crippen molar-refractivity contribution in [1.29, 1.82) is 0 Å². The minimum Gasteiger partial charge on any atom is -0.493 e. The number of methoxy groups -OCH3 is 2. The van der Waals surface area contributed by atoms with Crippen molar-refractivity contribution in [2.24, 2.45) is 0 Å². The van der Waals surface area contributed by atoms with Crippen molar-refractivity contribution in [2.75, 3.05) is 26.1 Å². The largest absolute Gasteiger partial charge is 0.493 e. The summed E-state index contributed by atoms with van der Waals surface area (Å²) in [5.74, 6) is 1.72. The lowest BCUT2D eigenvalue weighted by molar-refractivity contribution is -0.112. The molecular weight excluding hydrogens is 318 g/mol. The Hall–Kier alpha value is -2.95. The van der Waals surface area contributed by atoms with E-state index in [1.807, 2.05) is 43.3 Å². The van der Waals surface area contributed by atoms with E-state index in [-0.39, 0.29) is 5.91 Å². The van der Waals surface area contributed by atoms with Crippen molar-refractivity contribution >= 4 is 17.7 Å². The van der Waals surface area contributed by atoms with Crippen LogP contribution in [-0.2, 0) is 4.79 Å². The van der Waals surface area contributed by atoms with Crippen LogP contribution in [0, 0.1) is 0 Å². The molecule has 0 spiro atoms. The van der Waals surface area contributed by atoms with Gasteiger partial charge in [0.05, 0.1) is 26.5 Å². The second kappa shape index (κ2) is 8.78. The van der Waals surface area contributed by atoms with Crippen molar-refractivity contribution < 1.29 is 19.0 Å². The number of hydrogen-bond acceptors (Lipinski definition) is 4. The SMILES string of the molecule is CCOc1ccccc1NC(=O)/C(C)=C/c1ccc(OC)c(OC)c1. The van der Waals surface area contributed by atoms with Crippen LogP contribution >= 0.6 is 0 Å². The van der Waals surface area contributed by atoms with Gasteiger partial charge < -0.3 is 19.5 Å². The first kappa shape index (κ1) is 18.4. The molecule has 0 saturated carbocycles. The summed E-state index contributed by atoms with van der Waals surface area (Å²) in [7, 11) is 3.16. The summed E-state index contributed by atoms with van der Waals surface area (Å²) in [5, 5.41) is 2.88. The predicted molar refractivity (Wildman–Crippen MR) is 99.4 cm³/mol. The maximum absolute atomic E-state index is 12.5. The van der Waals surface area contributed by atoms with Crippen LogP contribution in [0.5, 0.6) is 17.2 Å². The second-order valence-electron chi connectivity index (χ2n) is 5.33. The van der Waals surface area contributed by atoms with Crippen molar-refractivity contribution in [3.05, 3.63) is 53.6 Å². The Labute approximate surface area is 148 Å². The molecule has 2 aromatic carbocycles. The minimum atomic E-state index is -0.193. The third kappa shape index (κ3) is 4.76. The van der Waals surface area contributed by atoms with Crippen LogP contribution in [0.1, 0.15) is 19.4 Å². The average Bonchev–Trinajstić information content (AvgIpc) is 2.63. The number of anilines is 1. The van der Waals surface area contributed by atoms with E-state index in [1.54, 1.807) is 33.3 Å². The smallest absolute Gasteiger partial charge is 0.251 e. The molecular formula is C20H23NO4. The van der Waals surface area contributed by atoms with Crippen LogP contribution in [0.3, 0.4) is 0 Å². The number of nitrogens with one attached hydrogen (secondary N) is 1. The highest BCUT2D eigenvalue weighted by atomic mass is 16.5. The van der Waals surface area contributed by atoms with Gasteiger partial charge in [0.25, 0.3) is 5.91 Å². The molecule has 0 fully saturated rings. The van der Waals surface area contributed by atoms with Crippen LogP contribution < -0.4 is 19.5 Å². The van der Waals surface area contributed by atoms with Gasteiger partial charge in [0.1, 0.15) is 5.75 Å². The lowest BCUT2D eigenvalue weighted by atomic mass is 10.1. The molecule has 2 aromatic rings. The molecule has 0 atom stereocenters. The first-order valence-electron chi connectivity index (χ1n) is 8.02. The molecule has 5 nitrogen and oxygen atoms in total. The van der Waals surface area contributed by atoms with E-state index >= 15 is 0 Å². The first-order valence-corrected chi connectivity index (χ1v) is 8.02. The molecule has 25 heavy (non-hydrogen) atoms. The van der Waals surface area contributed by atoms with Gasteiger partial charge in [-0.1, -0.05) is 18.2 Å². The fraction of sp³-hybridized carbons (Fsp3) is 0.250. The van der Waals surface area contributed by atoms with Crippen molar-refractivity contribution in [1.82, 2.24) is 0 Å². The molecule has 5 heteroatoms. The molecule has 1 amide bonds. The molecule has 0 saturated heterocycles. The van der Waals surface area contributed by atoms with Crippen molar-refractivity contribution in [3.63, 3.8) is 0 Å². The maximum atomic E-state index is 12.5. The predicted octanol–water partition coefficient (Wildman–Crippen LogP) is 4.14. The molecule has 0 radical (unpaired) electrons. The Morgan fingerprint density at radius 1 is 1.04 bits per heavy atom. The summed E-state index contributed by atoms with van der Waals surface area (Å²) in [6.45, 7) is 4.20. The quantitative estimate of drug-likeness (QED) is 0.769. The van der Waals surface area contributed by atoms with Gasteiger partial charge >= 0.3 is 0 Å². The van der Waals surface area contributed by atoms with E-state index in [4.69, 9.17) is 14.2 Å². The van der Waals surface area contributed by atoms with E-state index < -0.39 is 0 Å². The molecule has 0 aliphatic heterocycles. The molecule has 132 valence electrons. The van der Waals surface area contributed by atoms with Crippen LogP contribution in [0.2, 0.25) is 0 Å².